The van der Waals surface area contributed by atoms with Crippen LogP contribution in [0.1, 0.15) is 19.3 Å². The number of nitrogens with one attached hydrogen (secondary N) is 1. The summed E-state index contributed by atoms with van der Waals surface area (Å²) >= 11 is 0. The highest BCUT2D eigenvalue weighted by molar-refractivity contribution is 4.85. The Morgan fingerprint density at radius 1 is 0.833 bits per heavy atom. The third-order valence-electron chi connectivity index (χ3n) is 4.86. The Hall–Kier alpha value is -0.160. The van der Waals surface area contributed by atoms with Crippen molar-refractivity contribution in [2.45, 2.75) is 25.3 Å². The topological polar surface area (TPSA) is 21.8 Å². The molecule has 3 rings (SSSR count). The number of nitrogens with zero attached hydrogens (tertiary/aromatic N) is 3. The maximum atomic E-state index is 3.43. The SMILES string of the molecule is C1CCN2CCN(CCN3CCNCC3)CC2C1. The monoisotopic (exact) mass is 252 g/mol. The van der Waals surface area contributed by atoms with E-state index in [4.69, 9.17) is 0 Å². The van der Waals surface area contributed by atoms with Gasteiger partial charge in [0.2, 0.25) is 0 Å². The molecule has 1 atom stereocenters. The molecule has 104 valence electrons. The number of fused-ring (bicyclic) bond motifs is 1. The molecular formula is C14H28N4. The smallest absolute Gasteiger partial charge is 0.0223 e. The lowest BCUT2D eigenvalue weighted by Crippen LogP contribution is -2.56. The molecule has 0 aliphatic carbocycles. The van der Waals surface area contributed by atoms with Gasteiger partial charge in [0.1, 0.15) is 0 Å². The molecule has 3 aliphatic rings. The maximum absolute atomic E-state index is 3.43. The van der Waals surface area contributed by atoms with Gasteiger partial charge in [-0.15, -0.1) is 0 Å². The Morgan fingerprint density at radius 3 is 2.56 bits per heavy atom. The molecule has 0 bridgehead atoms. The first-order valence-corrected chi connectivity index (χ1v) is 7.81. The molecule has 0 aromatic rings. The Bertz CT molecular complexity index is 252. The van der Waals surface area contributed by atoms with Crippen LogP contribution < -0.4 is 5.32 Å². The molecule has 3 saturated heterocycles. The van der Waals surface area contributed by atoms with E-state index >= 15 is 0 Å². The second-order valence-corrected chi connectivity index (χ2v) is 6.08. The number of piperazine rings is 2. The summed E-state index contributed by atoms with van der Waals surface area (Å²) in [5.41, 5.74) is 0. The molecule has 3 heterocycles. The van der Waals surface area contributed by atoms with E-state index < -0.39 is 0 Å². The molecule has 0 amide bonds. The summed E-state index contributed by atoms with van der Waals surface area (Å²) < 4.78 is 0. The lowest BCUT2D eigenvalue weighted by Gasteiger charge is -2.44. The van der Waals surface area contributed by atoms with Crippen LogP contribution in [0.25, 0.3) is 0 Å². The van der Waals surface area contributed by atoms with E-state index in [1.807, 2.05) is 0 Å². The lowest BCUT2D eigenvalue weighted by molar-refractivity contribution is 0.0437. The molecule has 3 fully saturated rings. The second-order valence-electron chi connectivity index (χ2n) is 6.08. The minimum Gasteiger partial charge on any atom is -0.314 e. The van der Waals surface area contributed by atoms with Gasteiger partial charge < -0.3 is 5.32 Å². The molecular weight excluding hydrogens is 224 g/mol. The van der Waals surface area contributed by atoms with E-state index in [1.54, 1.807) is 0 Å². The van der Waals surface area contributed by atoms with Crippen LogP contribution >= 0.6 is 0 Å². The standard InChI is InChI=1S/C14H28N4/c1-2-6-18-12-11-17(13-14(18)3-1)10-9-16-7-4-15-5-8-16/h14-15H,1-13H2. The minimum absolute atomic E-state index is 0.871. The maximum Gasteiger partial charge on any atom is 0.0223 e. The van der Waals surface area contributed by atoms with Gasteiger partial charge in [0.05, 0.1) is 0 Å². The van der Waals surface area contributed by atoms with Crippen molar-refractivity contribution < 1.29 is 0 Å². The van der Waals surface area contributed by atoms with E-state index in [9.17, 15) is 0 Å². The van der Waals surface area contributed by atoms with Crippen molar-refractivity contribution in [3.63, 3.8) is 0 Å². The predicted octanol–water partition coefficient (Wildman–Crippen LogP) is 0.0617. The summed E-state index contributed by atoms with van der Waals surface area (Å²) in [5.74, 6) is 0. The van der Waals surface area contributed by atoms with Gasteiger partial charge in [0.15, 0.2) is 0 Å². The van der Waals surface area contributed by atoms with Crippen LogP contribution in [0.4, 0.5) is 0 Å². The highest BCUT2D eigenvalue weighted by Crippen LogP contribution is 2.20. The van der Waals surface area contributed by atoms with Crippen LogP contribution in [0.3, 0.4) is 0 Å². The summed E-state index contributed by atoms with van der Waals surface area (Å²) in [5, 5.41) is 3.43. The highest BCUT2D eigenvalue weighted by atomic mass is 15.3. The summed E-state index contributed by atoms with van der Waals surface area (Å²) in [7, 11) is 0. The largest absolute Gasteiger partial charge is 0.314 e. The Labute approximate surface area is 111 Å². The van der Waals surface area contributed by atoms with Crippen LogP contribution in [0, 0.1) is 0 Å². The first kappa shape index (κ1) is 12.9. The third-order valence-corrected chi connectivity index (χ3v) is 4.86. The number of piperidine rings is 1. The first-order chi connectivity index (χ1) is 8.92. The van der Waals surface area contributed by atoms with Crippen molar-refractivity contribution in [1.82, 2.24) is 20.0 Å². The van der Waals surface area contributed by atoms with Gasteiger partial charge in [-0.2, -0.15) is 0 Å². The quantitative estimate of drug-likeness (QED) is 0.767. The van der Waals surface area contributed by atoms with Gasteiger partial charge in [-0.25, -0.2) is 0 Å². The normalized spacial score (nSPS) is 32.3. The molecule has 0 saturated carbocycles. The first-order valence-electron chi connectivity index (χ1n) is 7.81. The van der Waals surface area contributed by atoms with Gasteiger partial charge in [0.25, 0.3) is 0 Å². The summed E-state index contributed by atoms with van der Waals surface area (Å²) in [6.07, 6.45) is 4.31. The van der Waals surface area contributed by atoms with Gasteiger partial charge in [0, 0.05) is 64.9 Å². The molecule has 0 radical (unpaired) electrons. The van der Waals surface area contributed by atoms with Crippen LogP contribution in [0.15, 0.2) is 0 Å². The van der Waals surface area contributed by atoms with Crippen molar-refractivity contribution >= 4 is 0 Å². The van der Waals surface area contributed by atoms with Crippen LogP contribution in [-0.2, 0) is 0 Å². The average molecular weight is 252 g/mol. The zero-order valence-electron chi connectivity index (χ0n) is 11.6. The van der Waals surface area contributed by atoms with E-state index in [1.165, 1.54) is 84.7 Å². The molecule has 0 spiro atoms. The van der Waals surface area contributed by atoms with E-state index in [0.29, 0.717) is 0 Å². The van der Waals surface area contributed by atoms with Crippen LogP contribution in [0.2, 0.25) is 0 Å². The zero-order valence-corrected chi connectivity index (χ0v) is 11.6. The van der Waals surface area contributed by atoms with E-state index in [0.717, 1.165) is 6.04 Å². The highest BCUT2D eigenvalue weighted by Gasteiger charge is 2.28. The van der Waals surface area contributed by atoms with Crippen molar-refractivity contribution in [3.05, 3.63) is 0 Å². The lowest BCUT2D eigenvalue weighted by atomic mass is 9.99. The summed E-state index contributed by atoms with van der Waals surface area (Å²) in [6.45, 7) is 12.7. The van der Waals surface area contributed by atoms with Crippen molar-refractivity contribution in [3.8, 4) is 0 Å². The van der Waals surface area contributed by atoms with E-state index in [-0.39, 0.29) is 0 Å². The van der Waals surface area contributed by atoms with Crippen molar-refractivity contribution in [2.75, 3.05) is 65.4 Å². The number of hydrogen-bond acceptors (Lipinski definition) is 4. The molecule has 4 heteroatoms. The molecule has 1 unspecified atom stereocenters. The average Bonchev–Trinajstić information content (AvgIpc) is 2.46. The Kier molecular flexibility index (Phi) is 4.52. The third kappa shape index (κ3) is 3.23. The van der Waals surface area contributed by atoms with Gasteiger partial charge >= 0.3 is 0 Å². The summed E-state index contributed by atoms with van der Waals surface area (Å²) in [6, 6.07) is 0.871. The fraction of sp³-hybridized carbons (Fsp3) is 1.00. The van der Waals surface area contributed by atoms with Gasteiger partial charge in [-0.3, -0.25) is 14.7 Å². The molecule has 4 nitrogen and oxygen atoms in total. The molecule has 0 aromatic heterocycles. The van der Waals surface area contributed by atoms with Gasteiger partial charge in [-0.1, -0.05) is 6.42 Å². The number of hydrogen-bond donors (Lipinski definition) is 1. The molecule has 1 N–H and O–H groups in total. The predicted molar refractivity (Wildman–Crippen MR) is 75.0 cm³/mol. The fourth-order valence-electron chi connectivity index (χ4n) is 3.64. The second kappa shape index (κ2) is 6.33. The molecule has 18 heavy (non-hydrogen) atoms. The van der Waals surface area contributed by atoms with Gasteiger partial charge in [-0.05, 0) is 19.4 Å². The fourth-order valence-corrected chi connectivity index (χ4v) is 3.64. The van der Waals surface area contributed by atoms with Crippen molar-refractivity contribution in [2.24, 2.45) is 0 Å². The van der Waals surface area contributed by atoms with Crippen molar-refractivity contribution in [1.29, 1.82) is 0 Å². The molecule has 3 aliphatic heterocycles. The molecule has 0 aromatic carbocycles. The van der Waals surface area contributed by atoms with Crippen LogP contribution in [0.5, 0.6) is 0 Å². The number of rotatable bonds is 3. The zero-order chi connectivity index (χ0) is 12.2. The summed E-state index contributed by atoms with van der Waals surface area (Å²) in [4.78, 5) is 8.04. The Balaban J connectivity index is 1.40. The van der Waals surface area contributed by atoms with E-state index in [2.05, 4.69) is 20.0 Å². The van der Waals surface area contributed by atoms with Crippen LogP contribution in [-0.4, -0.2) is 86.2 Å². The minimum atomic E-state index is 0.871. The Morgan fingerprint density at radius 2 is 1.67 bits per heavy atom.